The van der Waals surface area contributed by atoms with Gasteiger partial charge in [0.2, 0.25) is 0 Å². The topological polar surface area (TPSA) is 55.1 Å². The maximum absolute atomic E-state index is 12.3. The van der Waals surface area contributed by atoms with Crippen molar-refractivity contribution in [3.63, 3.8) is 0 Å². The van der Waals surface area contributed by atoms with E-state index in [1.165, 1.54) is 0 Å². The number of carbonyl (C=O) groups excluding carboxylic acids is 1. The first-order valence-electron chi connectivity index (χ1n) is 6.35. The summed E-state index contributed by atoms with van der Waals surface area (Å²) in [6, 6.07) is 5.37. The van der Waals surface area contributed by atoms with Gasteiger partial charge in [-0.2, -0.15) is 0 Å². The lowest BCUT2D eigenvalue weighted by molar-refractivity contribution is 0.0902. The molecule has 2 rings (SSSR count). The number of amides is 1. The Morgan fingerprint density at radius 1 is 1.44 bits per heavy atom. The summed E-state index contributed by atoms with van der Waals surface area (Å²) in [5.74, 6) is -0.0673. The summed E-state index contributed by atoms with van der Waals surface area (Å²) in [5.41, 5.74) is 7.18. The fraction of sp³-hybridized carbons (Fsp3) is 0.500. The zero-order chi connectivity index (χ0) is 13.2. The van der Waals surface area contributed by atoms with Crippen molar-refractivity contribution in [2.75, 3.05) is 6.54 Å². The molecule has 1 saturated carbocycles. The minimum absolute atomic E-state index is 0.0673. The fourth-order valence-electron chi connectivity index (χ4n) is 2.58. The third-order valence-corrected chi connectivity index (χ3v) is 4.01. The molecule has 0 aromatic heterocycles. The highest BCUT2D eigenvalue weighted by Crippen LogP contribution is 2.29. The van der Waals surface area contributed by atoms with Gasteiger partial charge in [0.15, 0.2) is 0 Å². The number of carbonyl (C=O) groups is 1. The molecule has 1 aliphatic rings. The van der Waals surface area contributed by atoms with Gasteiger partial charge in [-0.15, -0.1) is 0 Å². The number of rotatable bonds is 3. The van der Waals surface area contributed by atoms with Crippen molar-refractivity contribution in [1.82, 2.24) is 5.32 Å². The molecule has 0 radical (unpaired) electrons. The number of hydrogen-bond donors (Lipinski definition) is 2. The van der Waals surface area contributed by atoms with Gasteiger partial charge >= 0.3 is 0 Å². The standard InChI is InChI=1S/C14H19ClN2O/c1-10-4-5-11(15)8-12(10)13(18)17-14(9-16)6-2-3-7-14/h4-5,8H,2-3,6-7,9,16H2,1H3,(H,17,18). The highest BCUT2D eigenvalue weighted by Gasteiger charge is 2.34. The second-order valence-electron chi connectivity index (χ2n) is 5.10. The van der Waals surface area contributed by atoms with Crippen LogP contribution in [0.2, 0.25) is 5.02 Å². The Labute approximate surface area is 113 Å². The van der Waals surface area contributed by atoms with E-state index in [1.54, 1.807) is 12.1 Å². The molecular formula is C14H19ClN2O. The molecule has 4 heteroatoms. The quantitative estimate of drug-likeness (QED) is 0.884. The molecule has 0 atom stereocenters. The van der Waals surface area contributed by atoms with Gasteiger partial charge in [-0.05, 0) is 37.5 Å². The van der Waals surface area contributed by atoms with Crippen LogP contribution in [-0.4, -0.2) is 18.0 Å². The van der Waals surface area contributed by atoms with E-state index in [2.05, 4.69) is 5.32 Å². The molecule has 1 aromatic carbocycles. The van der Waals surface area contributed by atoms with Crippen LogP contribution in [0.25, 0.3) is 0 Å². The van der Waals surface area contributed by atoms with Crippen LogP contribution >= 0.6 is 11.6 Å². The number of halogens is 1. The molecular weight excluding hydrogens is 248 g/mol. The molecule has 1 fully saturated rings. The van der Waals surface area contributed by atoms with Crippen molar-refractivity contribution in [3.05, 3.63) is 34.3 Å². The van der Waals surface area contributed by atoms with Crippen LogP contribution in [-0.2, 0) is 0 Å². The van der Waals surface area contributed by atoms with Crippen LogP contribution in [0.4, 0.5) is 0 Å². The Morgan fingerprint density at radius 2 is 2.11 bits per heavy atom. The molecule has 0 heterocycles. The Bertz CT molecular complexity index is 453. The molecule has 0 unspecified atom stereocenters. The zero-order valence-electron chi connectivity index (χ0n) is 10.6. The van der Waals surface area contributed by atoms with E-state index in [0.717, 1.165) is 31.2 Å². The molecule has 18 heavy (non-hydrogen) atoms. The Morgan fingerprint density at radius 3 is 2.72 bits per heavy atom. The van der Waals surface area contributed by atoms with Crippen LogP contribution in [0, 0.1) is 6.92 Å². The molecule has 3 N–H and O–H groups in total. The van der Waals surface area contributed by atoms with E-state index in [9.17, 15) is 4.79 Å². The smallest absolute Gasteiger partial charge is 0.252 e. The SMILES string of the molecule is Cc1ccc(Cl)cc1C(=O)NC1(CN)CCCC1. The first kappa shape index (κ1) is 13.4. The predicted octanol–water partition coefficient (Wildman–Crippen LogP) is 2.65. The maximum Gasteiger partial charge on any atom is 0.252 e. The average molecular weight is 267 g/mol. The van der Waals surface area contributed by atoms with Crippen LogP contribution in [0.1, 0.15) is 41.6 Å². The van der Waals surface area contributed by atoms with Gasteiger partial charge in [-0.1, -0.05) is 30.5 Å². The van der Waals surface area contributed by atoms with E-state index < -0.39 is 0 Å². The van der Waals surface area contributed by atoms with Gasteiger partial charge in [0.05, 0.1) is 5.54 Å². The zero-order valence-corrected chi connectivity index (χ0v) is 11.4. The number of hydrogen-bond acceptors (Lipinski definition) is 2. The molecule has 3 nitrogen and oxygen atoms in total. The summed E-state index contributed by atoms with van der Waals surface area (Å²) < 4.78 is 0. The summed E-state index contributed by atoms with van der Waals surface area (Å²) in [6.45, 7) is 2.41. The van der Waals surface area contributed by atoms with Crippen molar-refractivity contribution in [3.8, 4) is 0 Å². The largest absolute Gasteiger partial charge is 0.345 e. The first-order valence-corrected chi connectivity index (χ1v) is 6.73. The normalized spacial score (nSPS) is 17.7. The number of benzene rings is 1. The molecule has 98 valence electrons. The molecule has 1 aromatic rings. The van der Waals surface area contributed by atoms with Gasteiger partial charge in [-0.25, -0.2) is 0 Å². The highest BCUT2D eigenvalue weighted by atomic mass is 35.5. The summed E-state index contributed by atoms with van der Waals surface area (Å²) in [4.78, 5) is 12.3. The Kier molecular flexibility index (Phi) is 3.93. The van der Waals surface area contributed by atoms with Gasteiger partial charge in [0.25, 0.3) is 5.91 Å². The van der Waals surface area contributed by atoms with Crippen LogP contribution in [0.3, 0.4) is 0 Å². The van der Waals surface area contributed by atoms with E-state index in [4.69, 9.17) is 17.3 Å². The molecule has 0 aliphatic heterocycles. The van der Waals surface area contributed by atoms with E-state index in [-0.39, 0.29) is 11.4 Å². The van der Waals surface area contributed by atoms with Gasteiger partial charge in [0, 0.05) is 17.1 Å². The van der Waals surface area contributed by atoms with Gasteiger partial charge < -0.3 is 11.1 Å². The summed E-state index contributed by atoms with van der Waals surface area (Å²) in [6.07, 6.45) is 4.20. The monoisotopic (exact) mass is 266 g/mol. The summed E-state index contributed by atoms with van der Waals surface area (Å²) in [7, 11) is 0. The van der Waals surface area contributed by atoms with Crippen molar-refractivity contribution in [2.24, 2.45) is 5.73 Å². The lowest BCUT2D eigenvalue weighted by Crippen LogP contribution is -2.51. The number of nitrogens with two attached hydrogens (primary N) is 1. The lowest BCUT2D eigenvalue weighted by atomic mass is 9.96. The van der Waals surface area contributed by atoms with E-state index in [1.807, 2.05) is 13.0 Å². The maximum atomic E-state index is 12.3. The summed E-state index contributed by atoms with van der Waals surface area (Å²) >= 11 is 5.94. The van der Waals surface area contributed by atoms with Crippen LogP contribution < -0.4 is 11.1 Å². The molecule has 0 saturated heterocycles. The lowest BCUT2D eigenvalue weighted by Gasteiger charge is -2.29. The van der Waals surface area contributed by atoms with Crippen molar-refractivity contribution < 1.29 is 4.79 Å². The van der Waals surface area contributed by atoms with Crippen LogP contribution in [0.5, 0.6) is 0 Å². The average Bonchev–Trinajstić information content (AvgIpc) is 2.81. The summed E-state index contributed by atoms with van der Waals surface area (Å²) in [5, 5.41) is 3.69. The molecule has 0 spiro atoms. The fourth-order valence-corrected chi connectivity index (χ4v) is 2.75. The van der Waals surface area contributed by atoms with Crippen molar-refractivity contribution in [2.45, 2.75) is 38.1 Å². The van der Waals surface area contributed by atoms with Gasteiger partial charge in [0.1, 0.15) is 0 Å². The van der Waals surface area contributed by atoms with Crippen LogP contribution in [0.15, 0.2) is 18.2 Å². The predicted molar refractivity (Wildman–Crippen MR) is 73.9 cm³/mol. The second-order valence-corrected chi connectivity index (χ2v) is 5.54. The molecule has 1 amide bonds. The van der Waals surface area contributed by atoms with Gasteiger partial charge in [-0.3, -0.25) is 4.79 Å². The molecule has 1 aliphatic carbocycles. The Hall–Kier alpha value is -1.06. The number of nitrogens with one attached hydrogen (secondary N) is 1. The highest BCUT2D eigenvalue weighted by molar-refractivity contribution is 6.31. The second kappa shape index (κ2) is 5.29. The Balaban J connectivity index is 2.18. The molecule has 0 bridgehead atoms. The van der Waals surface area contributed by atoms with Crippen molar-refractivity contribution >= 4 is 17.5 Å². The minimum atomic E-state index is -0.216. The number of aryl methyl sites for hydroxylation is 1. The first-order chi connectivity index (χ1) is 8.56. The third kappa shape index (κ3) is 2.68. The minimum Gasteiger partial charge on any atom is -0.345 e. The van der Waals surface area contributed by atoms with Crippen molar-refractivity contribution in [1.29, 1.82) is 0 Å². The third-order valence-electron chi connectivity index (χ3n) is 3.77. The van der Waals surface area contributed by atoms with E-state index >= 15 is 0 Å². The van der Waals surface area contributed by atoms with E-state index in [0.29, 0.717) is 17.1 Å².